The van der Waals surface area contributed by atoms with Crippen LogP contribution in [-0.2, 0) is 17.6 Å². The highest BCUT2D eigenvalue weighted by Crippen LogP contribution is 2.29. The highest BCUT2D eigenvalue weighted by atomic mass is 32.1. The average molecular weight is 382 g/mol. The molecule has 0 aliphatic heterocycles. The van der Waals surface area contributed by atoms with Crippen LogP contribution < -0.4 is 4.74 Å². The lowest BCUT2D eigenvalue weighted by molar-refractivity contribution is -0.136. The van der Waals surface area contributed by atoms with Crippen molar-refractivity contribution in [2.24, 2.45) is 0 Å². The van der Waals surface area contributed by atoms with Gasteiger partial charge in [0.25, 0.3) is 0 Å². The summed E-state index contributed by atoms with van der Waals surface area (Å²) < 4.78 is 11.5. The first-order valence-corrected chi connectivity index (χ1v) is 8.85. The van der Waals surface area contributed by atoms with Crippen molar-refractivity contribution in [3.63, 3.8) is 0 Å². The number of pyridine rings is 1. The molecule has 0 saturated carbocycles. The zero-order valence-electron chi connectivity index (χ0n) is 14.2. The molecule has 4 aromatic rings. The van der Waals surface area contributed by atoms with Crippen LogP contribution in [0, 0.1) is 0 Å². The minimum Gasteiger partial charge on any atom is -0.481 e. The Morgan fingerprint density at radius 1 is 1.19 bits per heavy atom. The molecule has 0 saturated heterocycles. The number of carboxylic acids is 1. The van der Waals surface area contributed by atoms with E-state index in [1.807, 2.05) is 24.3 Å². The van der Waals surface area contributed by atoms with Gasteiger partial charge in [-0.25, -0.2) is 9.97 Å². The predicted octanol–water partition coefficient (Wildman–Crippen LogP) is 2.97. The standard InChI is InChI=1S/C18H14N4O4S/c1-25-14-5-3-11(9-19-14)10-2-4-12-13(6-10)27-17(20-12)7-15-21-22-16(26-15)8-18(23)24/h2-6,9H,7-8H2,1H3,(H,23,24). The van der Waals surface area contributed by atoms with Crippen LogP contribution in [0.3, 0.4) is 0 Å². The van der Waals surface area contributed by atoms with Gasteiger partial charge < -0.3 is 14.3 Å². The topological polar surface area (TPSA) is 111 Å². The van der Waals surface area contributed by atoms with E-state index in [4.69, 9.17) is 14.3 Å². The molecule has 0 aliphatic rings. The lowest BCUT2D eigenvalue weighted by atomic mass is 10.1. The molecule has 0 spiro atoms. The van der Waals surface area contributed by atoms with E-state index in [1.54, 1.807) is 13.3 Å². The number of methoxy groups -OCH3 is 1. The van der Waals surface area contributed by atoms with Crippen LogP contribution in [0.4, 0.5) is 0 Å². The Morgan fingerprint density at radius 2 is 2.00 bits per heavy atom. The van der Waals surface area contributed by atoms with Crippen molar-refractivity contribution in [1.29, 1.82) is 0 Å². The summed E-state index contributed by atoms with van der Waals surface area (Å²) in [6.45, 7) is 0. The van der Waals surface area contributed by atoms with Crippen LogP contribution in [0.1, 0.15) is 16.8 Å². The maximum absolute atomic E-state index is 10.7. The number of benzene rings is 1. The monoisotopic (exact) mass is 382 g/mol. The average Bonchev–Trinajstić information content (AvgIpc) is 3.27. The van der Waals surface area contributed by atoms with Gasteiger partial charge in [-0.15, -0.1) is 21.5 Å². The molecular formula is C18H14N4O4S. The van der Waals surface area contributed by atoms with Crippen LogP contribution in [0.5, 0.6) is 5.88 Å². The second-order valence-corrected chi connectivity index (χ2v) is 6.83. The number of carboxylic acid groups (broad SMARTS) is 1. The number of rotatable bonds is 6. The fourth-order valence-electron chi connectivity index (χ4n) is 2.59. The van der Waals surface area contributed by atoms with E-state index in [0.29, 0.717) is 18.2 Å². The molecule has 9 heteroatoms. The molecule has 0 atom stereocenters. The second-order valence-electron chi connectivity index (χ2n) is 5.72. The normalized spacial score (nSPS) is 11.0. The number of aliphatic carboxylic acids is 1. The van der Waals surface area contributed by atoms with Gasteiger partial charge in [0.15, 0.2) is 0 Å². The Hall–Kier alpha value is -3.33. The number of aromatic nitrogens is 4. The minimum atomic E-state index is -1.01. The molecule has 0 fully saturated rings. The molecule has 0 aliphatic carbocycles. The third-order valence-electron chi connectivity index (χ3n) is 3.83. The predicted molar refractivity (Wildman–Crippen MR) is 97.8 cm³/mol. The van der Waals surface area contributed by atoms with E-state index >= 15 is 0 Å². The van der Waals surface area contributed by atoms with Gasteiger partial charge >= 0.3 is 5.97 Å². The molecule has 0 radical (unpaired) electrons. The van der Waals surface area contributed by atoms with Crippen molar-refractivity contribution in [2.45, 2.75) is 12.8 Å². The molecule has 8 nitrogen and oxygen atoms in total. The SMILES string of the molecule is COc1ccc(-c2ccc3nc(Cc4nnc(CC(=O)O)o4)sc3c2)cn1. The number of fused-ring (bicyclic) bond motifs is 1. The highest BCUT2D eigenvalue weighted by molar-refractivity contribution is 7.18. The zero-order valence-corrected chi connectivity index (χ0v) is 15.1. The molecule has 1 N–H and O–H groups in total. The van der Waals surface area contributed by atoms with Gasteiger partial charge in [0, 0.05) is 17.8 Å². The summed E-state index contributed by atoms with van der Waals surface area (Å²) in [7, 11) is 1.58. The van der Waals surface area contributed by atoms with Crippen molar-refractivity contribution in [3.05, 3.63) is 53.3 Å². The second kappa shape index (κ2) is 7.12. The summed E-state index contributed by atoms with van der Waals surface area (Å²) in [4.78, 5) is 19.5. The van der Waals surface area contributed by atoms with Gasteiger partial charge in [0.2, 0.25) is 17.7 Å². The van der Waals surface area contributed by atoms with Crippen LogP contribution >= 0.6 is 11.3 Å². The number of thiazole rings is 1. The molecule has 3 aromatic heterocycles. The van der Waals surface area contributed by atoms with E-state index in [1.165, 1.54) is 11.3 Å². The molecular weight excluding hydrogens is 368 g/mol. The molecule has 0 bridgehead atoms. The first kappa shape index (κ1) is 17.1. The fraction of sp³-hybridized carbons (Fsp3) is 0.167. The van der Waals surface area contributed by atoms with E-state index in [0.717, 1.165) is 26.4 Å². The first-order valence-electron chi connectivity index (χ1n) is 8.03. The first-order chi connectivity index (χ1) is 13.1. The molecule has 0 unspecified atom stereocenters. The summed E-state index contributed by atoms with van der Waals surface area (Å²) in [5.74, 6) is 0.00487. The molecule has 3 heterocycles. The molecule has 27 heavy (non-hydrogen) atoms. The summed E-state index contributed by atoms with van der Waals surface area (Å²) in [6.07, 6.45) is 1.85. The summed E-state index contributed by atoms with van der Waals surface area (Å²) >= 11 is 1.53. The lowest BCUT2D eigenvalue weighted by Crippen LogP contribution is -1.99. The van der Waals surface area contributed by atoms with Crippen LogP contribution in [0.2, 0.25) is 0 Å². The highest BCUT2D eigenvalue weighted by Gasteiger charge is 2.13. The number of nitrogens with zero attached hydrogens (tertiary/aromatic N) is 4. The Labute approximate surface area is 157 Å². The van der Waals surface area contributed by atoms with Gasteiger partial charge in [-0.05, 0) is 23.8 Å². The lowest BCUT2D eigenvalue weighted by Gasteiger charge is -2.02. The quantitative estimate of drug-likeness (QED) is 0.542. The summed E-state index contributed by atoms with van der Waals surface area (Å²) in [5, 5.41) is 17.2. The molecule has 4 rings (SSSR count). The van der Waals surface area contributed by atoms with Crippen molar-refractivity contribution in [1.82, 2.24) is 20.2 Å². The van der Waals surface area contributed by atoms with Crippen LogP contribution in [-0.4, -0.2) is 38.4 Å². The van der Waals surface area contributed by atoms with Gasteiger partial charge in [0.1, 0.15) is 11.4 Å². The Kier molecular flexibility index (Phi) is 4.51. The van der Waals surface area contributed by atoms with Crippen molar-refractivity contribution in [3.8, 4) is 17.0 Å². The van der Waals surface area contributed by atoms with E-state index < -0.39 is 5.97 Å². The number of ether oxygens (including phenoxy) is 1. The fourth-order valence-corrected chi connectivity index (χ4v) is 3.59. The third kappa shape index (κ3) is 3.77. The number of hydrogen-bond acceptors (Lipinski definition) is 8. The zero-order chi connectivity index (χ0) is 18.8. The van der Waals surface area contributed by atoms with Crippen molar-refractivity contribution >= 4 is 27.5 Å². The molecule has 0 amide bonds. The minimum absolute atomic E-state index is 0.0907. The smallest absolute Gasteiger partial charge is 0.312 e. The maximum Gasteiger partial charge on any atom is 0.312 e. The molecule has 1 aromatic carbocycles. The van der Waals surface area contributed by atoms with E-state index in [9.17, 15) is 4.79 Å². The van der Waals surface area contributed by atoms with Crippen LogP contribution in [0.25, 0.3) is 21.3 Å². The van der Waals surface area contributed by atoms with Gasteiger partial charge in [-0.3, -0.25) is 4.79 Å². The third-order valence-corrected chi connectivity index (χ3v) is 4.84. The Balaban J connectivity index is 1.56. The maximum atomic E-state index is 10.7. The Morgan fingerprint density at radius 3 is 2.74 bits per heavy atom. The largest absolute Gasteiger partial charge is 0.481 e. The van der Waals surface area contributed by atoms with E-state index in [2.05, 4.69) is 26.2 Å². The Bertz CT molecular complexity index is 1100. The number of carbonyl (C=O) groups is 1. The van der Waals surface area contributed by atoms with E-state index in [-0.39, 0.29) is 12.3 Å². The van der Waals surface area contributed by atoms with Gasteiger partial charge in [0.05, 0.1) is 23.7 Å². The summed E-state index contributed by atoms with van der Waals surface area (Å²) in [6, 6.07) is 9.79. The van der Waals surface area contributed by atoms with Gasteiger partial charge in [-0.2, -0.15) is 0 Å². The van der Waals surface area contributed by atoms with Crippen molar-refractivity contribution in [2.75, 3.05) is 7.11 Å². The van der Waals surface area contributed by atoms with Crippen LogP contribution in [0.15, 0.2) is 40.9 Å². The summed E-state index contributed by atoms with van der Waals surface area (Å²) in [5.41, 5.74) is 2.91. The van der Waals surface area contributed by atoms with Gasteiger partial charge in [-0.1, -0.05) is 6.07 Å². The van der Waals surface area contributed by atoms with Crippen molar-refractivity contribution < 1.29 is 19.1 Å². The number of hydrogen-bond donors (Lipinski definition) is 1. The molecule has 136 valence electrons.